The molecular formula is C37H48O8. The van der Waals surface area contributed by atoms with E-state index in [0.717, 1.165) is 36.7 Å². The van der Waals surface area contributed by atoms with E-state index in [2.05, 4.69) is 20.4 Å². The van der Waals surface area contributed by atoms with Crippen LogP contribution in [0, 0.1) is 40.9 Å². The number of allylic oxidation sites excluding steroid dienone is 4. The maximum Gasteiger partial charge on any atom is 0.338 e. The lowest BCUT2D eigenvalue weighted by Crippen LogP contribution is -2.47. The molecule has 1 saturated heterocycles. The lowest BCUT2D eigenvalue weighted by Gasteiger charge is -2.46. The Hall–Kier alpha value is -3.16. The maximum atomic E-state index is 14.4. The van der Waals surface area contributed by atoms with E-state index in [1.807, 2.05) is 13.8 Å². The van der Waals surface area contributed by atoms with Gasteiger partial charge in [0.2, 0.25) is 0 Å². The van der Waals surface area contributed by atoms with Crippen LogP contribution in [0.15, 0.2) is 46.8 Å². The van der Waals surface area contributed by atoms with Crippen molar-refractivity contribution in [1.29, 1.82) is 0 Å². The standard InChI is InChI=1S/C37H48O8/c1-19(2)22-8-9-25-33(43-21(4)38)31(44-34(25)40)13-20(3)12-29(39)27-17-37(45-30(15-22)32(27)35(41)42-7)11-10-24-26-14-23(26)16-36(5,6)18-28(24)37/h9,12,22-24,26-28,31,33H,1,8,10-11,13-18H2,2-7H3/b20-12+,25-9+/t22-,23-,24+,26-,27?,28+,31+,33-,37-/m0/s1. The van der Waals surface area contributed by atoms with Gasteiger partial charge in [-0.3, -0.25) is 9.59 Å². The Morgan fingerprint density at radius 3 is 2.51 bits per heavy atom. The normalized spacial score (nSPS) is 41.1. The topological polar surface area (TPSA) is 105 Å². The van der Waals surface area contributed by atoms with Gasteiger partial charge in [-0.2, -0.15) is 0 Å². The Morgan fingerprint density at radius 2 is 1.82 bits per heavy atom. The van der Waals surface area contributed by atoms with Crippen LogP contribution in [-0.4, -0.2) is 48.6 Å². The van der Waals surface area contributed by atoms with Crippen molar-refractivity contribution in [2.45, 2.75) is 110 Å². The van der Waals surface area contributed by atoms with E-state index >= 15 is 0 Å². The number of carbonyl (C=O) groups is 4. The molecule has 1 spiro atoms. The van der Waals surface area contributed by atoms with E-state index in [9.17, 15) is 19.2 Å². The zero-order valence-electron chi connectivity index (χ0n) is 27.6. The first kappa shape index (κ1) is 31.8. The lowest BCUT2D eigenvalue weighted by atomic mass is 9.68. The van der Waals surface area contributed by atoms with Crippen molar-refractivity contribution in [3.05, 3.63) is 46.8 Å². The molecule has 8 nitrogen and oxygen atoms in total. The zero-order valence-corrected chi connectivity index (χ0v) is 27.6. The largest absolute Gasteiger partial charge is 0.491 e. The van der Waals surface area contributed by atoms with Crippen molar-refractivity contribution >= 4 is 23.7 Å². The molecule has 0 aromatic rings. The second kappa shape index (κ2) is 11.6. The van der Waals surface area contributed by atoms with Gasteiger partial charge in [-0.1, -0.05) is 37.6 Å². The van der Waals surface area contributed by atoms with Gasteiger partial charge in [-0.15, -0.1) is 0 Å². The Labute approximate surface area is 266 Å². The summed E-state index contributed by atoms with van der Waals surface area (Å²) in [4.78, 5) is 52.9. The van der Waals surface area contributed by atoms with Crippen molar-refractivity contribution < 1.29 is 38.1 Å². The highest BCUT2D eigenvalue weighted by molar-refractivity contribution is 6.03. The van der Waals surface area contributed by atoms with Crippen LogP contribution in [-0.2, 0) is 38.1 Å². The Morgan fingerprint density at radius 1 is 1.07 bits per heavy atom. The molecule has 2 aliphatic heterocycles. The third-order valence-electron chi connectivity index (χ3n) is 11.6. The van der Waals surface area contributed by atoms with Gasteiger partial charge in [0.05, 0.1) is 24.2 Å². The third kappa shape index (κ3) is 5.94. The van der Waals surface area contributed by atoms with E-state index in [0.29, 0.717) is 48.0 Å². The molecule has 9 atom stereocenters. The molecule has 244 valence electrons. The lowest BCUT2D eigenvalue weighted by molar-refractivity contribution is -0.150. The number of methoxy groups -OCH3 is 1. The number of ketones is 1. The summed E-state index contributed by atoms with van der Waals surface area (Å²) in [7, 11) is 1.35. The molecule has 2 heterocycles. The van der Waals surface area contributed by atoms with Crippen LogP contribution in [0.4, 0.5) is 0 Å². The van der Waals surface area contributed by atoms with E-state index in [1.165, 1.54) is 26.9 Å². The fourth-order valence-electron chi connectivity index (χ4n) is 9.50. The molecule has 0 aromatic heterocycles. The summed E-state index contributed by atoms with van der Waals surface area (Å²) in [6.45, 7) is 14.0. The average molecular weight is 621 g/mol. The van der Waals surface area contributed by atoms with Gasteiger partial charge in [-0.05, 0) is 87.5 Å². The predicted octanol–water partition coefficient (Wildman–Crippen LogP) is 6.35. The monoisotopic (exact) mass is 620 g/mol. The molecular weight excluding hydrogens is 572 g/mol. The molecule has 0 amide bonds. The minimum absolute atomic E-state index is 0.176. The SMILES string of the molecule is C=C(C)[C@H]1C/C=C2/C(=O)O[C@H](C/C(C)=C/C(=O)C3C[C@]4(CC[C@@H]5[C@H]6C[C@H]6CC(C)(C)C[C@H]54)OC(=C3C(=O)OC)C1)[C@H]2OC(C)=O. The summed E-state index contributed by atoms with van der Waals surface area (Å²) >= 11 is 0. The molecule has 6 rings (SSSR count). The Bertz CT molecular complexity index is 1410. The van der Waals surface area contributed by atoms with Crippen LogP contribution >= 0.6 is 0 Å². The molecule has 45 heavy (non-hydrogen) atoms. The third-order valence-corrected chi connectivity index (χ3v) is 11.6. The van der Waals surface area contributed by atoms with Crippen LogP contribution in [0.3, 0.4) is 0 Å². The molecule has 4 fully saturated rings. The van der Waals surface area contributed by atoms with Gasteiger partial charge in [0, 0.05) is 32.1 Å². The molecule has 3 saturated carbocycles. The molecule has 4 bridgehead atoms. The number of hydrogen-bond acceptors (Lipinski definition) is 8. The van der Waals surface area contributed by atoms with Crippen molar-refractivity contribution in [2.75, 3.05) is 7.11 Å². The van der Waals surface area contributed by atoms with Crippen LogP contribution in [0.25, 0.3) is 0 Å². The zero-order chi connectivity index (χ0) is 32.4. The van der Waals surface area contributed by atoms with E-state index in [-0.39, 0.29) is 29.1 Å². The van der Waals surface area contributed by atoms with Crippen LogP contribution in [0.1, 0.15) is 92.4 Å². The summed E-state index contributed by atoms with van der Waals surface area (Å²) in [5.74, 6) is 0.185. The van der Waals surface area contributed by atoms with E-state index in [4.69, 9.17) is 18.9 Å². The summed E-state index contributed by atoms with van der Waals surface area (Å²) < 4.78 is 23.8. The smallest absolute Gasteiger partial charge is 0.338 e. The fraction of sp³-hybridized carbons (Fsp3) is 0.676. The van der Waals surface area contributed by atoms with Crippen LogP contribution < -0.4 is 0 Å². The second-order valence-electron chi connectivity index (χ2n) is 15.5. The Balaban J connectivity index is 1.46. The fourth-order valence-corrected chi connectivity index (χ4v) is 9.50. The number of esters is 3. The van der Waals surface area contributed by atoms with Gasteiger partial charge in [-0.25, -0.2) is 9.59 Å². The van der Waals surface area contributed by atoms with E-state index < -0.39 is 41.6 Å². The first-order valence-corrected chi connectivity index (χ1v) is 16.7. The molecule has 0 aromatic carbocycles. The summed E-state index contributed by atoms with van der Waals surface area (Å²) in [6, 6.07) is 0. The predicted molar refractivity (Wildman–Crippen MR) is 166 cm³/mol. The van der Waals surface area contributed by atoms with Crippen LogP contribution in [0.2, 0.25) is 0 Å². The maximum absolute atomic E-state index is 14.4. The second-order valence-corrected chi connectivity index (χ2v) is 15.5. The number of ether oxygens (including phenoxy) is 4. The molecule has 0 N–H and O–H groups in total. The molecule has 4 aliphatic carbocycles. The van der Waals surface area contributed by atoms with Gasteiger partial charge < -0.3 is 18.9 Å². The molecule has 6 aliphatic rings. The van der Waals surface area contributed by atoms with Gasteiger partial charge >= 0.3 is 17.9 Å². The Kier molecular flexibility index (Phi) is 8.18. The number of hydrogen-bond donors (Lipinski definition) is 0. The first-order chi connectivity index (χ1) is 21.2. The van der Waals surface area contributed by atoms with Gasteiger partial charge in [0.15, 0.2) is 11.9 Å². The summed E-state index contributed by atoms with van der Waals surface area (Å²) in [6.07, 6.45) is 8.62. The highest BCUT2D eigenvalue weighted by Crippen LogP contribution is 2.66. The van der Waals surface area contributed by atoms with Crippen molar-refractivity contribution in [2.24, 2.45) is 40.9 Å². The minimum atomic E-state index is -0.869. The quantitative estimate of drug-likeness (QED) is 0.204. The van der Waals surface area contributed by atoms with Crippen molar-refractivity contribution in [3.63, 3.8) is 0 Å². The first-order valence-electron chi connectivity index (χ1n) is 16.7. The van der Waals surface area contributed by atoms with E-state index in [1.54, 1.807) is 12.2 Å². The van der Waals surface area contributed by atoms with Gasteiger partial charge in [0.25, 0.3) is 0 Å². The molecule has 8 heteroatoms. The minimum Gasteiger partial charge on any atom is -0.491 e. The summed E-state index contributed by atoms with van der Waals surface area (Å²) in [5, 5.41) is 0. The highest BCUT2D eigenvalue weighted by atomic mass is 16.6. The average Bonchev–Trinajstić information content (AvgIpc) is 3.56. The number of carbonyl (C=O) groups excluding carboxylic acids is 4. The molecule has 1 unspecified atom stereocenters. The molecule has 0 radical (unpaired) electrons. The number of rotatable bonds is 3. The van der Waals surface area contributed by atoms with Gasteiger partial charge in [0.1, 0.15) is 17.5 Å². The van der Waals surface area contributed by atoms with Crippen molar-refractivity contribution in [1.82, 2.24) is 0 Å². The van der Waals surface area contributed by atoms with Crippen LogP contribution in [0.5, 0.6) is 0 Å². The summed E-state index contributed by atoms with van der Waals surface area (Å²) in [5.41, 5.74) is 1.77. The number of fused-ring (bicyclic) bond motifs is 7. The highest BCUT2D eigenvalue weighted by Gasteiger charge is 2.63. The van der Waals surface area contributed by atoms with Crippen molar-refractivity contribution in [3.8, 4) is 0 Å².